The fourth-order valence-corrected chi connectivity index (χ4v) is 2.73. The van der Waals surface area contributed by atoms with Gasteiger partial charge in [-0.25, -0.2) is 17.9 Å². The van der Waals surface area contributed by atoms with E-state index in [1.54, 1.807) is 12.1 Å². The molecule has 0 aliphatic rings. The lowest BCUT2D eigenvalue weighted by atomic mass is 10.1. The van der Waals surface area contributed by atoms with Gasteiger partial charge in [-0.15, -0.1) is 0 Å². The number of carbonyl (C=O) groups excluding carboxylic acids is 1. The molecule has 0 saturated carbocycles. The third kappa shape index (κ3) is 5.97. The van der Waals surface area contributed by atoms with Crippen molar-refractivity contribution in [1.82, 2.24) is 5.32 Å². The summed E-state index contributed by atoms with van der Waals surface area (Å²) in [6.45, 7) is 0.377. The smallest absolute Gasteiger partial charge is 0.244 e. The normalized spacial score (nSPS) is 11.6. The molecule has 132 valence electrons. The van der Waals surface area contributed by atoms with E-state index in [-0.39, 0.29) is 15.8 Å². The number of nitrogens with one attached hydrogen (secondary N) is 1. The van der Waals surface area contributed by atoms with Crippen LogP contribution >= 0.6 is 11.6 Å². The van der Waals surface area contributed by atoms with Gasteiger partial charge in [0, 0.05) is 12.6 Å². The molecule has 2 aromatic carbocycles. The van der Waals surface area contributed by atoms with Gasteiger partial charge in [0.05, 0.1) is 9.92 Å². The summed E-state index contributed by atoms with van der Waals surface area (Å²) in [5.74, 6) is -0.821. The van der Waals surface area contributed by atoms with E-state index in [9.17, 15) is 17.6 Å². The van der Waals surface area contributed by atoms with Crippen LogP contribution in [0.25, 0.3) is 6.08 Å². The van der Waals surface area contributed by atoms with Crippen LogP contribution in [0.1, 0.15) is 11.1 Å². The Kier molecular flexibility index (Phi) is 6.30. The number of benzene rings is 2. The minimum atomic E-state index is -3.70. The van der Waals surface area contributed by atoms with E-state index in [1.807, 2.05) is 0 Å². The summed E-state index contributed by atoms with van der Waals surface area (Å²) in [6.07, 6.45) is 3.39. The number of rotatable bonds is 6. The Labute approximate surface area is 150 Å². The lowest BCUT2D eigenvalue weighted by molar-refractivity contribution is -0.116. The molecule has 2 rings (SSSR count). The van der Waals surface area contributed by atoms with Gasteiger partial charge < -0.3 is 5.32 Å². The Morgan fingerprint density at radius 3 is 2.48 bits per heavy atom. The molecule has 25 heavy (non-hydrogen) atoms. The Balaban J connectivity index is 1.84. The Morgan fingerprint density at radius 2 is 1.88 bits per heavy atom. The first kappa shape index (κ1) is 19.1. The first-order chi connectivity index (χ1) is 11.8. The maximum absolute atomic E-state index is 13.0. The minimum Gasteiger partial charge on any atom is -0.352 e. The molecular weight excluding hydrogens is 367 g/mol. The zero-order chi connectivity index (χ0) is 18.4. The first-order valence-corrected chi connectivity index (χ1v) is 9.21. The van der Waals surface area contributed by atoms with Crippen molar-refractivity contribution in [2.24, 2.45) is 5.14 Å². The molecule has 0 atom stereocenters. The fraction of sp³-hybridized carbons (Fsp3) is 0.118. The molecule has 0 saturated heterocycles. The molecule has 0 aliphatic heterocycles. The minimum absolute atomic E-state index is 0.00880. The number of primary sulfonamides is 1. The maximum Gasteiger partial charge on any atom is 0.244 e. The number of carbonyl (C=O) groups is 1. The second-order valence-corrected chi connectivity index (χ2v) is 7.21. The van der Waals surface area contributed by atoms with Gasteiger partial charge in [0.1, 0.15) is 5.82 Å². The summed E-state index contributed by atoms with van der Waals surface area (Å²) in [4.78, 5) is 11.8. The van der Waals surface area contributed by atoms with Gasteiger partial charge in [0.25, 0.3) is 0 Å². The van der Waals surface area contributed by atoms with Crippen molar-refractivity contribution >= 4 is 33.6 Å². The molecule has 0 aliphatic carbocycles. The van der Waals surface area contributed by atoms with E-state index in [2.05, 4.69) is 5.32 Å². The summed E-state index contributed by atoms with van der Waals surface area (Å²) >= 11 is 5.66. The van der Waals surface area contributed by atoms with Crippen molar-refractivity contribution in [2.75, 3.05) is 6.54 Å². The molecule has 0 unspecified atom stereocenters. The standard InChI is InChI=1S/C17H16ClFN2O3S/c18-15-11-13(3-7-16(15)19)4-8-17(22)21-10-9-12-1-5-14(6-2-12)25(20,23)24/h1-8,11H,9-10H2,(H,21,22)(H2,20,23,24)/b8-4+. The van der Waals surface area contributed by atoms with Crippen LogP contribution < -0.4 is 10.5 Å². The van der Waals surface area contributed by atoms with Crippen molar-refractivity contribution in [3.63, 3.8) is 0 Å². The summed E-state index contributed by atoms with van der Waals surface area (Å²) in [5.41, 5.74) is 1.47. The third-order valence-electron chi connectivity index (χ3n) is 3.34. The molecule has 0 fully saturated rings. The number of nitrogens with two attached hydrogens (primary N) is 1. The Morgan fingerprint density at radius 1 is 1.20 bits per heavy atom. The van der Waals surface area contributed by atoms with Gasteiger partial charge in [-0.1, -0.05) is 29.8 Å². The average molecular weight is 383 g/mol. The molecule has 2 aromatic rings. The second-order valence-electron chi connectivity index (χ2n) is 5.24. The van der Waals surface area contributed by atoms with Gasteiger partial charge in [0.2, 0.25) is 15.9 Å². The molecule has 5 nitrogen and oxygen atoms in total. The highest BCUT2D eigenvalue weighted by Crippen LogP contribution is 2.16. The van der Waals surface area contributed by atoms with Crippen LogP contribution in [0, 0.1) is 5.82 Å². The molecular formula is C17H16ClFN2O3S. The number of hydrogen-bond acceptors (Lipinski definition) is 3. The quantitative estimate of drug-likeness (QED) is 0.752. The van der Waals surface area contributed by atoms with Crippen LogP contribution in [-0.2, 0) is 21.2 Å². The first-order valence-electron chi connectivity index (χ1n) is 7.28. The van der Waals surface area contributed by atoms with Crippen molar-refractivity contribution in [3.8, 4) is 0 Å². The lowest BCUT2D eigenvalue weighted by Crippen LogP contribution is -2.23. The maximum atomic E-state index is 13.0. The summed E-state index contributed by atoms with van der Waals surface area (Å²) in [5, 5.41) is 7.71. The summed E-state index contributed by atoms with van der Waals surface area (Å²) < 4.78 is 35.4. The van der Waals surface area contributed by atoms with Gasteiger partial charge in [-0.2, -0.15) is 0 Å². The van der Waals surface area contributed by atoms with Gasteiger partial charge >= 0.3 is 0 Å². The summed E-state index contributed by atoms with van der Waals surface area (Å²) in [7, 11) is -3.70. The van der Waals surface area contributed by atoms with Crippen LogP contribution in [-0.4, -0.2) is 20.9 Å². The Hall–Kier alpha value is -2.22. The molecule has 0 bridgehead atoms. The van der Waals surface area contributed by atoms with Crippen LogP contribution in [0.15, 0.2) is 53.4 Å². The van der Waals surface area contributed by atoms with Crippen LogP contribution in [0.2, 0.25) is 5.02 Å². The van der Waals surface area contributed by atoms with Crippen molar-refractivity contribution in [2.45, 2.75) is 11.3 Å². The summed E-state index contributed by atoms with van der Waals surface area (Å²) in [6, 6.07) is 10.3. The van der Waals surface area contributed by atoms with Crippen LogP contribution in [0.5, 0.6) is 0 Å². The van der Waals surface area contributed by atoms with Gasteiger partial charge in [-0.05, 0) is 47.9 Å². The molecule has 3 N–H and O–H groups in total. The number of sulfonamides is 1. The third-order valence-corrected chi connectivity index (χ3v) is 4.55. The van der Waals surface area contributed by atoms with Crippen molar-refractivity contribution in [3.05, 3.63) is 70.5 Å². The van der Waals surface area contributed by atoms with E-state index in [4.69, 9.17) is 16.7 Å². The number of amides is 1. The Bertz CT molecular complexity index is 897. The predicted octanol–water partition coefficient (Wildman–Crippen LogP) is 2.50. The van der Waals surface area contributed by atoms with Crippen LogP contribution in [0.3, 0.4) is 0 Å². The monoisotopic (exact) mass is 382 g/mol. The second kappa shape index (κ2) is 8.24. The number of halogens is 2. The average Bonchev–Trinajstić information content (AvgIpc) is 2.55. The predicted molar refractivity (Wildman–Crippen MR) is 95.0 cm³/mol. The molecule has 0 spiro atoms. The SMILES string of the molecule is NS(=O)(=O)c1ccc(CCNC(=O)/C=C/c2ccc(F)c(Cl)c2)cc1. The van der Waals surface area contributed by atoms with Gasteiger partial charge in [-0.3, -0.25) is 4.79 Å². The number of hydrogen-bond donors (Lipinski definition) is 2. The topological polar surface area (TPSA) is 89.3 Å². The van der Waals surface area contributed by atoms with E-state index in [0.717, 1.165) is 5.56 Å². The fourth-order valence-electron chi connectivity index (χ4n) is 2.02. The highest BCUT2D eigenvalue weighted by molar-refractivity contribution is 7.89. The molecule has 8 heteroatoms. The molecule has 1 amide bonds. The van der Waals surface area contributed by atoms with Crippen molar-refractivity contribution in [1.29, 1.82) is 0 Å². The highest BCUT2D eigenvalue weighted by atomic mass is 35.5. The molecule has 0 aromatic heterocycles. The van der Waals surface area contributed by atoms with E-state index in [0.29, 0.717) is 18.5 Å². The molecule has 0 radical (unpaired) electrons. The zero-order valence-corrected chi connectivity index (χ0v) is 14.6. The van der Waals surface area contributed by atoms with Gasteiger partial charge in [0.15, 0.2) is 0 Å². The highest BCUT2D eigenvalue weighted by Gasteiger charge is 2.06. The zero-order valence-electron chi connectivity index (χ0n) is 13.1. The van der Waals surface area contributed by atoms with Crippen LogP contribution in [0.4, 0.5) is 4.39 Å². The largest absolute Gasteiger partial charge is 0.352 e. The lowest BCUT2D eigenvalue weighted by Gasteiger charge is -2.04. The van der Waals surface area contributed by atoms with Crippen molar-refractivity contribution < 1.29 is 17.6 Å². The molecule has 0 heterocycles. The van der Waals surface area contributed by atoms with E-state index in [1.165, 1.54) is 42.5 Å². The van der Waals surface area contributed by atoms with E-state index < -0.39 is 15.8 Å². The van der Waals surface area contributed by atoms with E-state index >= 15 is 0 Å².